The second kappa shape index (κ2) is 4.10. The lowest BCUT2D eigenvalue weighted by Gasteiger charge is -2.43. The zero-order valence-corrected chi connectivity index (χ0v) is 9.75. The highest BCUT2D eigenvalue weighted by atomic mass is 16.5. The van der Waals surface area contributed by atoms with E-state index in [1.807, 2.05) is 13.8 Å². The quantitative estimate of drug-likeness (QED) is 0.699. The lowest BCUT2D eigenvalue weighted by Crippen LogP contribution is -2.55. The summed E-state index contributed by atoms with van der Waals surface area (Å²) in [5.41, 5.74) is 5.20. The number of aliphatic carboxylic acids is 1. The Balaban J connectivity index is 2.93. The Morgan fingerprint density at radius 3 is 2.33 bits per heavy atom. The van der Waals surface area contributed by atoms with Gasteiger partial charge in [0.25, 0.3) is 0 Å². The number of nitrogens with two attached hydrogens (primary N) is 1. The number of carboxylic acids is 1. The van der Waals surface area contributed by atoms with Gasteiger partial charge in [-0.2, -0.15) is 0 Å². The van der Waals surface area contributed by atoms with Crippen LogP contribution in [0.3, 0.4) is 0 Å². The second-order valence-corrected chi connectivity index (χ2v) is 5.16. The first-order valence-electron chi connectivity index (χ1n) is 5.33. The van der Waals surface area contributed by atoms with E-state index in [2.05, 4.69) is 0 Å². The molecule has 4 heteroatoms. The molecule has 3 N–H and O–H groups in total. The highest BCUT2D eigenvalue weighted by molar-refractivity contribution is 5.68. The fraction of sp³-hybridized carbons (Fsp3) is 0.909. The maximum Gasteiger partial charge on any atom is 0.304 e. The minimum Gasteiger partial charge on any atom is -0.481 e. The highest BCUT2D eigenvalue weighted by Gasteiger charge is 2.54. The van der Waals surface area contributed by atoms with Gasteiger partial charge in [-0.1, -0.05) is 0 Å². The van der Waals surface area contributed by atoms with Crippen molar-refractivity contribution in [1.82, 2.24) is 0 Å². The summed E-state index contributed by atoms with van der Waals surface area (Å²) in [6.45, 7) is 4.22. The summed E-state index contributed by atoms with van der Waals surface area (Å²) in [5.74, 6) is -0.397. The van der Waals surface area contributed by atoms with Crippen molar-refractivity contribution in [1.29, 1.82) is 0 Å². The van der Waals surface area contributed by atoms with Gasteiger partial charge in [-0.15, -0.1) is 0 Å². The minimum absolute atomic E-state index is 0.0923. The van der Waals surface area contributed by atoms with Crippen molar-refractivity contribution in [2.24, 2.45) is 17.1 Å². The molecule has 0 aromatic carbocycles. The predicted molar refractivity (Wildman–Crippen MR) is 57.6 cm³/mol. The van der Waals surface area contributed by atoms with Crippen LogP contribution in [0.1, 0.15) is 33.1 Å². The molecule has 1 atom stereocenters. The molecule has 4 nitrogen and oxygen atoms in total. The molecule has 0 amide bonds. The first kappa shape index (κ1) is 12.5. The fourth-order valence-electron chi connectivity index (χ4n) is 2.42. The van der Waals surface area contributed by atoms with E-state index in [1.165, 1.54) is 0 Å². The summed E-state index contributed by atoms with van der Waals surface area (Å²) in [5, 5.41) is 9.00. The van der Waals surface area contributed by atoms with Gasteiger partial charge < -0.3 is 15.6 Å². The molecule has 88 valence electrons. The number of carbonyl (C=O) groups is 1. The van der Waals surface area contributed by atoms with Crippen molar-refractivity contribution in [2.45, 2.75) is 38.6 Å². The van der Waals surface area contributed by atoms with Gasteiger partial charge in [-0.05, 0) is 32.6 Å². The van der Waals surface area contributed by atoms with Crippen LogP contribution in [0.4, 0.5) is 0 Å². The number of hydrogen-bond donors (Lipinski definition) is 2. The molecule has 0 radical (unpaired) electrons. The number of methoxy groups -OCH3 is 1. The molecule has 15 heavy (non-hydrogen) atoms. The average molecular weight is 215 g/mol. The number of carboxylic acid groups (broad SMARTS) is 1. The van der Waals surface area contributed by atoms with Crippen LogP contribution in [0.15, 0.2) is 0 Å². The summed E-state index contributed by atoms with van der Waals surface area (Å²) in [6.07, 6.45) is 2.23. The van der Waals surface area contributed by atoms with Crippen LogP contribution in [0, 0.1) is 11.3 Å². The first-order valence-corrected chi connectivity index (χ1v) is 5.33. The second-order valence-electron chi connectivity index (χ2n) is 5.16. The topological polar surface area (TPSA) is 72.5 Å². The van der Waals surface area contributed by atoms with E-state index < -0.39 is 16.9 Å². The number of rotatable bonds is 6. The van der Waals surface area contributed by atoms with Crippen LogP contribution in [0.25, 0.3) is 0 Å². The molecule has 1 aliphatic rings. The molecule has 1 rings (SSSR count). The SMILES string of the molecule is COCC(CC(=O)O)(C1CC1)C(C)(C)N. The molecular weight excluding hydrogens is 194 g/mol. The number of hydrogen-bond acceptors (Lipinski definition) is 3. The lowest BCUT2D eigenvalue weighted by molar-refractivity contribution is -0.143. The Hall–Kier alpha value is -0.610. The third-order valence-corrected chi connectivity index (χ3v) is 3.51. The molecule has 0 saturated heterocycles. The van der Waals surface area contributed by atoms with Crippen molar-refractivity contribution in [2.75, 3.05) is 13.7 Å². The average Bonchev–Trinajstić information content (AvgIpc) is 2.82. The van der Waals surface area contributed by atoms with Gasteiger partial charge >= 0.3 is 5.97 Å². The maximum atomic E-state index is 11.0. The monoisotopic (exact) mass is 215 g/mol. The van der Waals surface area contributed by atoms with E-state index in [4.69, 9.17) is 15.6 Å². The van der Waals surface area contributed by atoms with Gasteiger partial charge in [0.2, 0.25) is 0 Å². The lowest BCUT2D eigenvalue weighted by atomic mass is 9.66. The first-order chi connectivity index (χ1) is 6.83. The normalized spacial score (nSPS) is 21.1. The molecule has 0 aromatic rings. The Morgan fingerprint density at radius 2 is 2.07 bits per heavy atom. The van der Waals surface area contributed by atoms with Crippen molar-refractivity contribution in [3.8, 4) is 0 Å². The van der Waals surface area contributed by atoms with Gasteiger partial charge in [0, 0.05) is 18.1 Å². The molecule has 1 unspecified atom stereocenters. The standard InChI is InChI=1S/C11H21NO3/c1-10(2,12)11(7-15-3,6-9(13)14)8-4-5-8/h8H,4-7,12H2,1-3H3,(H,13,14). The fourth-order valence-corrected chi connectivity index (χ4v) is 2.42. The van der Waals surface area contributed by atoms with Crippen LogP contribution in [-0.4, -0.2) is 30.3 Å². The Morgan fingerprint density at radius 1 is 1.53 bits per heavy atom. The van der Waals surface area contributed by atoms with Crippen LogP contribution in [0.5, 0.6) is 0 Å². The van der Waals surface area contributed by atoms with E-state index in [9.17, 15) is 4.79 Å². The predicted octanol–water partition coefficient (Wildman–Crippen LogP) is 1.24. The summed E-state index contributed by atoms with van der Waals surface area (Å²) >= 11 is 0. The molecule has 0 aromatic heterocycles. The van der Waals surface area contributed by atoms with Crippen LogP contribution in [-0.2, 0) is 9.53 Å². The molecule has 0 bridgehead atoms. The van der Waals surface area contributed by atoms with Crippen LogP contribution in [0.2, 0.25) is 0 Å². The molecule has 1 saturated carbocycles. The maximum absolute atomic E-state index is 11.0. The van der Waals surface area contributed by atoms with Crippen LogP contribution >= 0.6 is 0 Å². The Bertz CT molecular complexity index is 243. The molecule has 0 aliphatic heterocycles. The van der Waals surface area contributed by atoms with E-state index in [0.717, 1.165) is 12.8 Å². The van der Waals surface area contributed by atoms with Crippen molar-refractivity contribution >= 4 is 5.97 Å². The third-order valence-electron chi connectivity index (χ3n) is 3.51. The molecule has 1 fully saturated rings. The van der Waals surface area contributed by atoms with Crippen molar-refractivity contribution < 1.29 is 14.6 Å². The molecule has 1 aliphatic carbocycles. The molecule has 0 heterocycles. The van der Waals surface area contributed by atoms with E-state index in [0.29, 0.717) is 12.5 Å². The Labute approximate surface area is 90.8 Å². The van der Waals surface area contributed by atoms with Crippen LogP contribution < -0.4 is 5.73 Å². The van der Waals surface area contributed by atoms with Crippen molar-refractivity contribution in [3.05, 3.63) is 0 Å². The summed E-state index contributed by atoms with van der Waals surface area (Å²) in [6, 6.07) is 0. The van der Waals surface area contributed by atoms with Gasteiger partial charge in [-0.25, -0.2) is 0 Å². The van der Waals surface area contributed by atoms with E-state index >= 15 is 0 Å². The van der Waals surface area contributed by atoms with E-state index in [1.54, 1.807) is 7.11 Å². The largest absolute Gasteiger partial charge is 0.481 e. The Kier molecular flexibility index (Phi) is 3.41. The zero-order valence-electron chi connectivity index (χ0n) is 9.75. The summed E-state index contributed by atoms with van der Waals surface area (Å²) in [7, 11) is 1.60. The van der Waals surface area contributed by atoms with Crippen molar-refractivity contribution in [3.63, 3.8) is 0 Å². The minimum atomic E-state index is -0.794. The smallest absolute Gasteiger partial charge is 0.304 e. The van der Waals surface area contributed by atoms with Gasteiger partial charge in [0.15, 0.2) is 0 Å². The molecule has 0 spiro atoms. The van der Waals surface area contributed by atoms with Gasteiger partial charge in [-0.3, -0.25) is 4.79 Å². The van der Waals surface area contributed by atoms with E-state index in [-0.39, 0.29) is 6.42 Å². The highest BCUT2D eigenvalue weighted by Crippen LogP contribution is 2.53. The third kappa shape index (κ3) is 2.49. The summed E-state index contributed by atoms with van der Waals surface area (Å²) in [4.78, 5) is 11.0. The number of ether oxygens (including phenoxy) is 1. The van der Waals surface area contributed by atoms with Gasteiger partial charge in [0.05, 0.1) is 13.0 Å². The summed E-state index contributed by atoms with van der Waals surface area (Å²) < 4.78 is 5.19. The zero-order chi connectivity index (χ0) is 11.7. The molecular formula is C11H21NO3. The van der Waals surface area contributed by atoms with Gasteiger partial charge in [0.1, 0.15) is 0 Å².